The van der Waals surface area contributed by atoms with Crippen molar-refractivity contribution in [3.63, 3.8) is 0 Å². The van der Waals surface area contributed by atoms with Crippen LogP contribution in [0.1, 0.15) is 40.2 Å². The predicted octanol–water partition coefficient (Wildman–Crippen LogP) is 2.24. The number of fused-ring (bicyclic) bond motifs is 1. The third-order valence-corrected chi connectivity index (χ3v) is 5.26. The number of hydrogen-bond donors (Lipinski definition) is 2. The fourth-order valence-electron chi connectivity index (χ4n) is 2.45. The highest BCUT2D eigenvalue weighted by Gasteiger charge is 2.28. The van der Waals surface area contributed by atoms with Gasteiger partial charge in [-0.25, -0.2) is 8.42 Å². The van der Waals surface area contributed by atoms with E-state index < -0.39 is 27.5 Å². The van der Waals surface area contributed by atoms with E-state index in [0.29, 0.717) is 12.2 Å². The van der Waals surface area contributed by atoms with Crippen molar-refractivity contribution in [2.75, 3.05) is 0 Å². The minimum atomic E-state index is -3.87. The van der Waals surface area contributed by atoms with Gasteiger partial charge >= 0.3 is 0 Å². The van der Waals surface area contributed by atoms with Crippen LogP contribution in [0.2, 0.25) is 5.02 Å². The Labute approximate surface area is 148 Å². The van der Waals surface area contributed by atoms with E-state index in [-0.39, 0.29) is 16.0 Å². The molecule has 0 bridgehead atoms. The number of sulfonamides is 1. The maximum absolute atomic E-state index is 12.6. The summed E-state index contributed by atoms with van der Waals surface area (Å²) in [7, 11) is -3.87. The first-order chi connectivity index (χ1) is 10.9. The van der Waals surface area contributed by atoms with Crippen LogP contribution in [0.5, 0.6) is 5.75 Å². The zero-order chi connectivity index (χ0) is 18.3. The van der Waals surface area contributed by atoms with Crippen LogP contribution in [0.3, 0.4) is 0 Å². The quantitative estimate of drug-likeness (QED) is 0.846. The highest BCUT2D eigenvalue weighted by atomic mass is 35.5. The summed E-state index contributed by atoms with van der Waals surface area (Å²) in [6, 6.07) is 1.98. The summed E-state index contributed by atoms with van der Waals surface area (Å²) in [6.07, 6.45) is 0.554. The van der Waals surface area contributed by atoms with Crippen molar-refractivity contribution in [2.45, 2.75) is 63.6 Å². The monoisotopic (exact) mass is 374 g/mol. The molecule has 0 unspecified atom stereocenters. The van der Waals surface area contributed by atoms with E-state index in [1.165, 1.54) is 13.0 Å². The lowest BCUT2D eigenvalue weighted by atomic mass is 10.1. The molecule has 6 nitrogen and oxygen atoms in total. The average Bonchev–Trinajstić information content (AvgIpc) is 2.77. The van der Waals surface area contributed by atoms with Gasteiger partial charge in [0, 0.05) is 17.5 Å². The summed E-state index contributed by atoms with van der Waals surface area (Å²) in [5, 5.41) is 2.99. The molecule has 1 aromatic rings. The van der Waals surface area contributed by atoms with Crippen LogP contribution in [-0.2, 0) is 21.2 Å². The molecule has 1 aliphatic heterocycles. The van der Waals surface area contributed by atoms with E-state index in [0.717, 1.165) is 5.56 Å². The standard InChI is InChI=1S/C16H23ClN2O4S/c1-9-6-11-7-12(8-13(17)14(11)23-9)24(21,22)19-10(2)15(20)18-16(3,4)5/h7-10,19H,6H2,1-5H3,(H,18,20)/t9-,10+/m0/s1. The molecule has 24 heavy (non-hydrogen) atoms. The molecule has 2 atom stereocenters. The second-order valence-electron chi connectivity index (χ2n) is 7.11. The highest BCUT2D eigenvalue weighted by Crippen LogP contribution is 2.37. The molecule has 0 saturated carbocycles. The van der Waals surface area contributed by atoms with Crippen LogP contribution in [0.4, 0.5) is 0 Å². The molecule has 1 amide bonds. The fraction of sp³-hybridized carbons (Fsp3) is 0.562. The van der Waals surface area contributed by atoms with Gasteiger partial charge in [0.25, 0.3) is 0 Å². The first-order valence-corrected chi connectivity index (χ1v) is 9.58. The molecule has 0 fully saturated rings. The number of carbonyl (C=O) groups is 1. The van der Waals surface area contributed by atoms with Crippen molar-refractivity contribution < 1.29 is 17.9 Å². The van der Waals surface area contributed by atoms with Gasteiger partial charge in [-0.15, -0.1) is 0 Å². The third kappa shape index (κ3) is 4.40. The van der Waals surface area contributed by atoms with Crippen LogP contribution < -0.4 is 14.8 Å². The lowest BCUT2D eigenvalue weighted by molar-refractivity contribution is -0.123. The number of amides is 1. The number of hydrogen-bond acceptors (Lipinski definition) is 4. The summed E-state index contributed by atoms with van der Waals surface area (Å²) in [6.45, 7) is 8.87. The van der Waals surface area contributed by atoms with Crippen LogP contribution >= 0.6 is 11.6 Å². The summed E-state index contributed by atoms with van der Waals surface area (Å²) >= 11 is 6.14. The van der Waals surface area contributed by atoms with Crippen molar-refractivity contribution in [3.05, 3.63) is 22.7 Å². The Morgan fingerprint density at radius 2 is 2.00 bits per heavy atom. The number of rotatable bonds is 4. The summed E-state index contributed by atoms with van der Waals surface area (Å²) < 4.78 is 33.1. The molecule has 0 aromatic heterocycles. The molecule has 134 valence electrons. The lowest BCUT2D eigenvalue weighted by Gasteiger charge is -2.23. The summed E-state index contributed by atoms with van der Waals surface area (Å²) in [5.41, 5.74) is 0.309. The SMILES string of the molecule is C[C@H]1Cc2cc(S(=O)(=O)N[C@H](C)C(=O)NC(C)(C)C)cc(Cl)c2O1. The van der Waals surface area contributed by atoms with Crippen molar-refractivity contribution in [2.24, 2.45) is 0 Å². The number of carbonyl (C=O) groups excluding carboxylic acids is 1. The third-order valence-electron chi connectivity index (χ3n) is 3.45. The van der Waals surface area contributed by atoms with E-state index in [9.17, 15) is 13.2 Å². The summed E-state index contributed by atoms with van der Waals surface area (Å²) in [4.78, 5) is 12.1. The average molecular weight is 375 g/mol. The zero-order valence-electron chi connectivity index (χ0n) is 14.4. The maximum atomic E-state index is 12.6. The Hall–Kier alpha value is -1.31. The Morgan fingerprint density at radius 3 is 2.58 bits per heavy atom. The highest BCUT2D eigenvalue weighted by molar-refractivity contribution is 7.89. The van der Waals surface area contributed by atoms with E-state index in [1.807, 2.05) is 27.7 Å². The van der Waals surface area contributed by atoms with Crippen LogP contribution in [-0.4, -0.2) is 32.0 Å². The van der Waals surface area contributed by atoms with E-state index in [2.05, 4.69) is 10.0 Å². The molecular formula is C16H23ClN2O4S. The molecule has 1 aromatic carbocycles. The van der Waals surface area contributed by atoms with Crippen molar-refractivity contribution in [3.8, 4) is 5.75 Å². The zero-order valence-corrected chi connectivity index (χ0v) is 16.0. The maximum Gasteiger partial charge on any atom is 0.241 e. The number of benzene rings is 1. The number of ether oxygens (including phenoxy) is 1. The molecule has 1 aliphatic rings. The Kier molecular flexibility index (Phi) is 5.18. The first-order valence-electron chi connectivity index (χ1n) is 7.72. The number of nitrogens with one attached hydrogen (secondary N) is 2. The van der Waals surface area contributed by atoms with Crippen molar-refractivity contribution in [1.29, 1.82) is 0 Å². The van der Waals surface area contributed by atoms with Crippen LogP contribution in [0.25, 0.3) is 0 Å². The van der Waals surface area contributed by atoms with Gasteiger partial charge in [0.15, 0.2) is 0 Å². The van der Waals surface area contributed by atoms with Gasteiger partial charge in [0.05, 0.1) is 16.0 Å². The molecule has 0 spiro atoms. The Bertz CT molecular complexity index is 756. The molecule has 2 rings (SSSR count). The fourth-order valence-corrected chi connectivity index (χ4v) is 4.07. The van der Waals surface area contributed by atoms with E-state index >= 15 is 0 Å². The van der Waals surface area contributed by atoms with Crippen molar-refractivity contribution >= 4 is 27.5 Å². The minimum Gasteiger partial charge on any atom is -0.489 e. The smallest absolute Gasteiger partial charge is 0.241 e. The van der Waals surface area contributed by atoms with Gasteiger partial charge in [-0.3, -0.25) is 4.79 Å². The van der Waals surface area contributed by atoms with Crippen LogP contribution in [0.15, 0.2) is 17.0 Å². The summed E-state index contributed by atoms with van der Waals surface area (Å²) in [5.74, 6) is 0.136. The van der Waals surface area contributed by atoms with Gasteiger partial charge < -0.3 is 10.1 Å². The Morgan fingerprint density at radius 1 is 1.38 bits per heavy atom. The van der Waals surface area contributed by atoms with Gasteiger partial charge in [0.1, 0.15) is 11.9 Å². The topological polar surface area (TPSA) is 84.5 Å². The molecule has 2 N–H and O–H groups in total. The van der Waals surface area contributed by atoms with Gasteiger partial charge in [0.2, 0.25) is 15.9 Å². The molecule has 0 aliphatic carbocycles. The molecular weight excluding hydrogens is 352 g/mol. The van der Waals surface area contributed by atoms with E-state index in [4.69, 9.17) is 16.3 Å². The minimum absolute atomic E-state index is 0.0272. The molecule has 1 heterocycles. The first kappa shape index (κ1) is 19.0. The number of halogens is 1. The van der Waals surface area contributed by atoms with Gasteiger partial charge in [-0.2, -0.15) is 4.72 Å². The second-order valence-corrected chi connectivity index (χ2v) is 9.23. The van der Waals surface area contributed by atoms with Gasteiger partial charge in [-0.1, -0.05) is 11.6 Å². The van der Waals surface area contributed by atoms with Crippen LogP contribution in [0, 0.1) is 0 Å². The predicted molar refractivity (Wildman–Crippen MR) is 92.9 cm³/mol. The van der Waals surface area contributed by atoms with E-state index in [1.54, 1.807) is 6.07 Å². The van der Waals surface area contributed by atoms with Crippen molar-refractivity contribution in [1.82, 2.24) is 10.0 Å². The Balaban J connectivity index is 2.21. The second kappa shape index (κ2) is 6.54. The van der Waals surface area contributed by atoms with Gasteiger partial charge in [-0.05, 0) is 46.8 Å². The normalized spacial score (nSPS) is 18.7. The molecule has 0 saturated heterocycles. The molecule has 0 radical (unpaired) electrons. The molecule has 8 heteroatoms. The lowest BCUT2D eigenvalue weighted by Crippen LogP contribution is -2.50. The largest absolute Gasteiger partial charge is 0.489 e.